The predicted octanol–water partition coefficient (Wildman–Crippen LogP) is 2.59. The Balaban J connectivity index is 3.07. The Morgan fingerprint density at radius 1 is 1.40 bits per heavy atom. The van der Waals surface area contributed by atoms with Crippen molar-refractivity contribution in [1.29, 1.82) is 5.26 Å². The van der Waals surface area contributed by atoms with E-state index >= 15 is 0 Å². The van der Waals surface area contributed by atoms with E-state index in [0.717, 1.165) is 0 Å². The Morgan fingerprint density at radius 3 is 2.80 bits per heavy atom. The van der Waals surface area contributed by atoms with Gasteiger partial charge in [-0.15, -0.1) is 0 Å². The molecule has 3 nitrogen and oxygen atoms in total. The third-order valence-corrected chi connectivity index (χ3v) is 2.68. The number of halogens is 2. The highest BCUT2D eigenvalue weighted by atomic mass is 79.9. The van der Waals surface area contributed by atoms with Crippen LogP contribution in [0.15, 0.2) is 22.8 Å². The molecule has 0 aliphatic carbocycles. The molecule has 2 N–H and O–H groups in total. The summed E-state index contributed by atoms with van der Waals surface area (Å²) in [6, 6.07) is 4.58. The number of nitrogens with two attached hydrogens (primary N) is 1. The van der Waals surface area contributed by atoms with Gasteiger partial charge in [0, 0.05) is 27.1 Å². The van der Waals surface area contributed by atoms with Crippen molar-refractivity contribution in [2.75, 3.05) is 5.73 Å². The number of nitrogens with zero attached hydrogens (tertiary/aromatic N) is 2. The van der Waals surface area contributed by atoms with Crippen molar-refractivity contribution in [3.05, 3.63) is 34.3 Å². The number of anilines is 1. The number of fused-ring (bicyclic) bond motifs is 1. The molecule has 0 atom stereocenters. The van der Waals surface area contributed by atoms with E-state index in [2.05, 4.69) is 20.9 Å². The Hall–Kier alpha value is -1.67. The first-order valence-electron chi connectivity index (χ1n) is 4.07. The molecule has 0 amide bonds. The zero-order valence-corrected chi connectivity index (χ0v) is 9.05. The Kier molecular flexibility index (Phi) is 2.29. The fraction of sp³-hybridized carbons (Fsp3) is 0. The number of aromatic nitrogens is 1. The molecule has 0 saturated carbocycles. The third kappa shape index (κ3) is 1.43. The standard InChI is InChI=1S/C10H5BrFN3/c11-5-4-15-8(3-13)10-7(14)2-1-6(12)9(5)10/h1-2,4H,14H2. The first-order valence-corrected chi connectivity index (χ1v) is 4.86. The SMILES string of the molecule is N#Cc1ncc(Br)c2c(F)ccc(N)c12. The maximum atomic E-state index is 13.5. The first-order chi connectivity index (χ1) is 7.15. The van der Waals surface area contributed by atoms with E-state index in [1.807, 2.05) is 6.07 Å². The monoisotopic (exact) mass is 265 g/mol. The number of rotatable bonds is 0. The summed E-state index contributed by atoms with van der Waals surface area (Å²) < 4.78 is 14.0. The normalized spacial score (nSPS) is 10.2. The summed E-state index contributed by atoms with van der Waals surface area (Å²) in [4.78, 5) is 3.87. The smallest absolute Gasteiger partial charge is 0.150 e. The van der Waals surface area contributed by atoms with Gasteiger partial charge >= 0.3 is 0 Å². The van der Waals surface area contributed by atoms with E-state index in [-0.39, 0.29) is 5.69 Å². The molecule has 1 aromatic heterocycles. The average Bonchev–Trinajstić information content (AvgIpc) is 2.23. The van der Waals surface area contributed by atoms with Gasteiger partial charge < -0.3 is 5.73 Å². The van der Waals surface area contributed by atoms with E-state index in [9.17, 15) is 4.39 Å². The van der Waals surface area contributed by atoms with Crippen LogP contribution in [0.4, 0.5) is 10.1 Å². The molecule has 0 saturated heterocycles. The number of hydrogen-bond acceptors (Lipinski definition) is 3. The minimum Gasteiger partial charge on any atom is -0.398 e. The van der Waals surface area contributed by atoms with Gasteiger partial charge in [-0.3, -0.25) is 0 Å². The predicted molar refractivity (Wildman–Crippen MR) is 58.5 cm³/mol. The maximum Gasteiger partial charge on any atom is 0.150 e. The summed E-state index contributed by atoms with van der Waals surface area (Å²) in [7, 11) is 0. The van der Waals surface area contributed by atoms with Gasteiger partial charge in [0.05, 0.1) is 0 Å². The Bertz CT molecular complexity index is 581. The summed E-state index contributed by atoms with van der Waals surface area (Å²) in [6.07, 6.45) is 1.39. The van der Waals surface area contributed by atoms with Crippen molar-refractivity contribution in [3.8, 4) is 6.07 Å². The minimum atomic E-state index is -0.426. The summed E-state index contributed by atoms with van der Waals surface area (Å²) in [5, 5.41) is 9.48. The van der Waals surface area contributed by atoms with Crippen molar-refractivity contribution in [1.82, 2.24) is 4.98 Å². The van der Waals surface area contributed by atoms with Crippen LogP contribution in [0.5, 0.6) is 0 Å². The molecule has 0 spiro atoms. The highest BCUT2D eigenvalue weighted by Crippen LogP contribution is 2.31. The lowest BCUT2D eigenvalue weighted by atomic mass is 10.1. The molecule has 0 fully saturated rings. The van der Waals surface area contributed by atoms with Crippen molar-refractivity contribution in [3.63, 3.8) is 0 Å². The largest absolute Gasteiger partial charge is 0.398 e. The van der Waals surface area contributed by atoms with Crippen molar-refractivity contribution >= 4 is 32.4 Å². The number of benzene rings is 1. The second-order valence-electron chi connectivity index (χ2n) is 2.95. The Labute approximate surface area is 93.5 Å². The number of nitrogen functional groups attached to an aromatic ring is 1. The van der Waals surface area contributed by atoms with Gasteiger partial charge in [-0.25, -0.2) is 9.37 Å². The van der Waals surface area contributed by atoms with E-state index in [1.54, 1.807) is 0 Å². The van der Waals surface area contributed by atoms with Gasteiger partial charge in [-0.2, -0.15) is 5.26 Å². The summed E-state index contributed by atoms with van der Waals surface area (Å²) in [5.74, 6) is -0.426. The van der Waals surface area contributed by atoms with Crippen LogP contribution in [0.2, 0.25) is 0 Å². The molecule has 1 aromatic carbocycles. The summed E-state index contributed by atoms with van der Waals surface area (Å²) in [6.45, 7) is 0. The van der Waals surface area contributed by atoms with E-state index < -0.39 is 5.82 Å². The molecule has 0 aliphatic rings. The molecule has 1 heterocycles. The van der Waals surface area contributed by atoms with Crippen LogP contribution in [0.1, 0.15) is 5.69 Å². The zero-order chi connectivity index (χ0) is 11.0. The maximum absolute atomic E-state index is 13.5. The lowest BCUT2D eigenvalue weighted by Gasteiger charge is -2.05. The lowest BCUT2D eigenvalue weighted by Crippen LogP contribution is -1.95. The quantitative estimate of drug-likeness (QED) is 0.745. The molecule has 74 valence electrons. The molecule has 2 rings (SSSR count). The summed E-state index contributed by atoms with van der Waals surface area (Å²) in [5.41, 5.74) is 6.17. The van der Waals surface area contributed by atoms with Gasteiger partial charge in [-0.05, 0) is 28.1 Å². The van der Waals surface area contributed by atoms with Crippen molar-refractivity contribution in [2.45, 2.75) is 0 Å². The second kappa shape index (κ2) is 3.48. The molecule has 15 heavy (non-hydrogen) atoms. The van der Waals surface area contributed by atoms with Gasteiger partial charge in [0.15, 0.2) is 5.69 Å². The third-order valence-electron chi connectivity index (χ3n) is 2.08. The summed E-state index contributed by atoms with van der Waals surface area (Å²) >= 11 is 3.18. The molecule has 0 unspecified atom stereocenters. The molecule has 5 heteroatoms. The van der Waals surface area contributed by atoms with Crippen LogP contribution in [-0.2, 0) is 0 Å². The minimum absolute atomic E-state index is 0.130. The Morgan fingerprint density at radius 2 is 2.13 bits per heavy atom. The van der Waals surface area contributed by atoms with E-state index in [4.69, 9.17) is 11.0 Å². The van der Waals surface area contributed by atoms with Crippen LogP contribution in [0.3, 0.4) is 0 Å². The highest BCUT2D eigenvalue weighted by molar-refractivity contribution is 9.10. The zero-order valence-electron chi connectivity index (χ0n) is 7.46. The second-order valence-corrected chi connectivity index (χ2v) is 3.81. The fourth-order valence-corrected chi connectivity index (χ4v) is 1.91. The van der Waals surface area contributed by atoms with Crippen molar-refractivity contribution < 1.29 is 4.39 Å². The van der Waals surface area contributed by atoms with Gasteiger partial charge in [0.2, 0.25) is 0 Å². The van der Waals surface area contributed by atoms with Crippen LogP contribution in [0, 0.1) is 17.1 Å². The van der Waals surface area contributed by atoms with Gasteiger partial charge in [0.25, 0.3) is 0 Å². The van der Waals surface area contributed by atoms with Gasteiger partial charge in [0.1, 0.15) is 11.9 Å². The first kappa shape index (κ1) is 9.87. The molecular weight excluding hydrogens is 261 g/mol. The van der Waals surface area contributed by atoms with Crippen LogP contribution >= 0.6 is 15.9 Å². The average molecular weight is 266 g/mol. The number of pyridine rings is 1. The molecule has 0 radical (unpaired) electrons. The molecular formula is C10H5BrFN3. The van der Waals surface area contributed by atoms with Crippen LogP contribution in [0.25, 0.3) is 10.8 Å². The van der Waals surface area contributed by atoms with E-state index in [1.165, 1.54) is 18.3 Å². The lowest BCUT2D eigenvalue weighted by molar-refractivity contribution is 0.639. The molecule has 0 aliphatic heterocycles. The van der Waals surface area contributed by atoms with Crippen molar-refractivity contribution in [2.24, 2.45) is 0 Å². The highest BCUT2D eigenvalue weighted by Gasteiger charge is 2.12. The molecule has 2 aromatic rings. The topological polar surface area (TPSA) is 62.7 Å². The van der Waals surface area contributed by atoms with Gasteiger partial charge in [-0.1, -0.05) is 0 Å². The van der Waals surface area contributed by atoms with E-state index in [0.29, 0.717) is 20.9 Å². The molecule has 0 bridgehead atoms. The number of hydrogen-bond donors (Lipinski definition) is 1. The number of nitriles is 1. The van der Waals surface area contributed by atoms with Crippen LogP contribution in [-0.4, -0.2) is 4.98 Å². The van der Waals surface area contributed by atoms with Crippen LogP contribution < -0.4 is 5.73 Å². The fourth-order valence-electron chi connectivity index (χ4n) is 1.42.